The van der Waals surface area contributed by atoms with Crippen molar-refractivity contribution in [1.82, 2.24) is 0 Å². The van der Waals surface area contributed by atoms with Crippen LogP contribution in [0.5, 0.6) is 5.75 Å². The van der Waals surface area contributed by atoms with Gasteiger partial charge in [0.15, 0.2) is 0 Å². The Hall–Kier alpha value is -4.18. The van der Waals surface area contributed by atoms with Gasteiger partial charge in [-0.05, 0) is 84.9 Å². The van der Waals surface area contributed by atoms with Gasteiger partial charge in [0.25, 0.3) is 0 Å². The van der Waals surface area contributed by atoms with Crippen molar-refractivity contribution in [2.45, 2.75) is 29.4 Å². The molecule has 0 bridgehead atoms. The molecule has 0 aromatic heterocycles. The summed E-state index contributed by atoms with van der Waals surface area (Å²) in [6, 6.07) is 64.7. The fourth-order valence-corrected chi connectivity index (χ4v) is 19.3. The van der Waals surface area contributed by atoms with Crippen LogP contribution in [0, 0.1) is 0 Å². The van der Waals surface area contributed by atoms with E-state index in [4.69, 9.17) is 4.74 Å². The van der Waals surface area contributed by atoms with Gasteiger partial charge in [-0.1, -0.05) is 91.0 Å². The summed E-state index contributed by atoms with van der Waals surface area (Å²) in [5, 5.41) is 0. The van der Waals surface area contributed by atoms with E-state index in [0.29, 0.717) is 0 Å². The Balaban J connectivity index is 1.92. The van der Waals surface area contributed by atoms with Crippen LogP contribution in [0.25, 0.3) is 0 Å². The Morgan fingerprint density at radius 3 is 0.750 bits per heavy atom. The number of hydrogen-bond donors (Lipinski definition) is 0. The third kappa shape index (κ3) is 4.23. The van der Waals surface area contributed by atoms with Crippen molar-refractivity contribution in [3.63, 3.8) is 0 Å². The smallest absolute Gasteiger partial charge is 0.118 e. The molecular weight excluding hydrogens is 525 g/mol. The minimum atomic E-state index is -1.99. The molecule has 0 aliphatic heterocycles. The molecule has 0 saturated heterocycles. The first kappa shape index (κ1) is 26.1. The van der Waals surface area contributed by atoms with E-state index in [0.717, 1.165) is 5.75 Å². The van der Waals surface area contributed by atoms with Crippen molar-refractivity contribution in [2.24, 2.45) is 0 Å². The van der Waals surface area contributed by atoms with Gasteiger partial charge in [-0.2, -0.15) is 0 Å². The number of hydrogen-bond acceptors (Lipinski definition) is 1. The number of ether oxygens (including phenoxy) is 1. The molecule has 40 heavy (non-hydrogen) atoms. The maximum atomic E-state index is 5.65. The van der Waals surface area contributed by atoms with Crippen LogP contribution in [0.4, 0.5) is 0 Å². The Morgan fingerprint density at radius 1 is 0.300 bits per heavy atom. The highest BCUT2D eigenvalue weighted by Crippen LogP contribution is 2.99. The Kier molecular flexibility index (Phi) is 7.50. The monoisotopic (exact) mass is 556 g/mol. The fraction of sp³-hybridized carbons (Fsp3) is 0.0270. The molecular formula is C37H32OS2. The molecule has 198 valence electrons. The van der Waals surface area contributed by atoms with E-state index in [9.17, 15) is 0 Å². The molecule has 0 saturated carbocycles. The molecule has 3 heteroatoms. The number of rotatable bonds is 8. The van der Waals surface area contributed by atoms with E-state index in [-0.39, 0.29) is 0 Å². The molecule has 1 nitrogen and oxygen atoms in total. The van der Waals surface area contributed by atoms with Crippen LogP contribution >= 0.6 is 18.1 Å². The van der Waals surface area contributed by atoms with Gasteiger partial charge < -0.3 is 4.74 Å². The number of benzene rings is 6. The second kappa shape index (κ2) is 11.5. The summed E-state index contributed by atoms with van der Waals surface area (Å²) < 4.78 is 5.65. The summed E-state index contributed by atoms with van der Waals surface area (Å²) in [5.74, 6) is 0.859. The summed E-state index contributed by atoms with van der Waals surface area (Å²) in [6.07, 6.45) is 0. The Labute approximate surface area is 240 Å². The summed E-state index contributed by atoms with van der Waals surface area (Å²) in [7, 11) is -2.23. The van der Waals surface area contributed by atoms with Crippen molar-refractivity contribution in [3.8, 4) is 5.75 Å². The Morgan fingerprint density at radius 2 is 0.525 bits per heavy atom. The standard InChI is InChI=1S/C37H32OS2/c1-38-31-27-29-37(30-28-31)40(35-23-13-5-14-24-35,36-25-15-6-16-26-36)39(32-17-7-2-8-18-32,33-19-9-3-10-20-33)34-21-11-4-12-22-34/h2-30H,1H3. The van der Waals surface area contributed by atoms with E-state index in [2.05, 4.69) is 176 Å². The Bertz CT molecular complexity index is 1500. The lowest BCUT2D eigenvalue weighted by molar-refractivity contribution is 0.414. The first-order valence-corrected chi connectivity index (χ1v) is 17.2. The molecule has 0 radical (unpaired) electrons. The lowest BCUT2D eigenvalue weighted by Crippen LogP contribution is -2.16. The third-order valence-electron chi connectivity index (χ3n) is 7.14. The summed E-state index contributed by atoms with van der Waals surface area (Å²) in [4.78, 5) is 7.98. The van der Waals surface area contributed by atoms with Crippen LogP contribution in [-0.2, 0) is 0 Å². The van der Waals surface area contributed by atoms with Gasteiger partial charge in [0.05, 0.1) is 7.11 Å². The van der Waals surface area contributed by atoms with Gasteiger partial charge >= 0.3 is 0 Å². The predicted molar refractivity (Wildman–Crippen MR) is 170 cm³/mol. The van der Waals surface area contributed by atoms with Crippen LogP contribution in [0.15, 0.2) is 205 Å². The fourth-order valence-electron chi connectivity index (χ4n) is 5.51. The predicted octanol–water partition coefficient (Wildman–Crippen LogP) is 10.9. The van der Waals surface area contributed by atoms with Crippen molar-refractivity contribution in [3.05, 3.63) is 176 Å². The molecule has 0 N–H and O–H groups in total. The molecule has 0 amide bonds. The van der Waals surface area contributed by atoms with Gasteiger partial charge in [0, 0.05) is 29.4 Å². The molecule has 0 fully saturated rings. The van der Waals surface area contributed by atoms with E-state index in [1.165, 1.54) is 29.4 Å². The molecule has 0 aliphatic rings. The molecule has 6 aromatic carbocycles. The highest BCUT2D eigenvalue weighted by Gasteiger charge is 2.50. The molecule has 0 spiro atoms. The van der Waals surface area contributed by atoms with Gasteiger partial charge in [0.1, 0.15) is 5.75 Å². The molecule has 0 unspecified atom stereocenters. The SMILES string of the molecule is COc1ccc(S(c2ccccc2)(c2ccccc2)S(c2ccccc2)(c2ccccc2)c2ccccc2)cc1. The summed E-state index contributed by atoms with van der Waals surface area (Å²) in [5.41, 5.74) is 0. The number of methoxy groups -OCH3 is 1. The van der Waals surface area contributed by atoms with Crippen LogP contribution < -0.4 is 4.74 Å². The van der Waals surface area contributed by atoms with Crippen LogP contribution in [0.1, 0.15) is 0 Å². The highest BCUT2D eigenvalue weighted by molar-refractivity contribution is 9.08. The summed E-state index contributed by atoms with van der Waals surface area (Å²) >= 11 is 0. The zero-order chi connectivity index (χ0) is 27.3. The van der Waals surface area contributed by atoms with Crippen molar-refractivity contribution >= 4 is 18.1 Å². The quantitative estimate of drug-likeness (QED) is 0.169. The topological polar surface area (TPSA) is 9.23 Å². The third-order valence-corrected chi connectivity index (χ3v) is 19.2. The van der Waals surface area contributed by atoms with Crippen LogP contribution in [-0.4, -0.2) is 7.11 Å². The highest BCUT2D eigenvalue weighted by atomic mass is 33.2. The lowest BCUT2D eigenvalue weighted by Gasteiger charge is -2.60. The summed E-state index contributed by atoms with van der Waals surface area (Å²) in [6.45, 7) is 0. The van der Waals surface area contributed by atoms with E-state index < -0.39 is 18.1 Å². The average molecular weight is 557 g/mol. The first-order valence-electron chi connectivity index (χ1n) is 13.4. The minimum absolute atomic E-state index is 0.859. The maximum Gasteiger partial charge on any atom is 0.118 e. The zero-order valence-corrected chi connectivity index (χ0v) is 24.1. The molecule has 0 aliphatic carbocycles. The average Bonchev–Trinajstić information content (AvgIpc) is 3.06. The minimum Gasteiger partial charge on any atom is -0.497 e. The first-order chi connectivity index (χ1) is 19.8. The molecule has 6 aromatic rings. The lowest BCUT2D eigenvalue weighted by atomic mass is 10.3. The van der Waals surface area contributed by atoms with Gasteiger partial charge in [-0.3, -0.25) is 0 Å². The van der Waals surface area contributed by atoms with Crippen molar-refractivity contribution < 1.29 is 4.74 Å². The van der Waals surface area contributed by atoms with Gasteiger partial charge in [-0.25, -0.2) is 0 Å². The van der Waals surface area contributed by atoms with E-state index >= 15 is 0 Å². The van der Waals surface area contributed by atoms with Crippen LogP contribution in [0.2, 0.25) is 0 Å². The van der Waals surface area contributed by atoms with Gasteiger partial charge in [0.2, 0.25) is 0 Å². The second-order valence-electron chi connectivity index (χ2n) is 9.35. The van der Waals surface area contributed by atoms with E-state index in [1.807, 2.05) is 0 Å². The van der Waals surface area contributed by atoms with Gasteiger partial charge in [-0.15, -0.1) is 18.1 Å². The normalized spacial score (nSPS) is 12.4. The molecule has 6 rings (SSSR count). The van der Waals surface area contributed by atoms with E-state index in [1.54, 1.807) is 7.11 Å². The van der Waals surface area contributed by atoms with Crippen LogP contribution in [0.3, 0.4) is 0 Å². The molecule has 0 atom stereocenters. The maximum absolute atomic E-state index is 5.65. The molecule has 0 heterocycles. The second-order valence-corrected chi connectivity index (χ2v) is 17.4. The largest absolute Gasteiger partial charge is 0.497 e. The zero-order valence-electron chi connectivity index (χ0n) is 22.5. The van der Waals surface area contributed by atoms with Crippen molar-refractivity contribution in [1.29, 1.82) is 0 Å². The van der Waals surface area contributed by atoms with Crippen molar-refractivity contribution in [2.75, 3.05) is 7.11 Å².